The highest BCUT2D eigenvalue weighted by Gasteiger charge is 2.21. The van der Waals surface area contributed by atoms with Crippen LogP contribution in [0, 0.1) is 11.6 Å². The topological polar surface area (TPSA) is 35.6 Å². The minimum Gasteiger partial charge on any atom is -0.289 e. The maximum Gasteiger partial charge on any atom is 0.185 e. The fourth-order valence-corrected chi connectivity index (χ4v) is 2.32. The van der Waals surface area contributed by atoms with E-state index in [1.165, 1.54) is 10.6 Å². The summed E-state index contributed by atoms with van der Waals surface area (Å²) in [6, 6.07) is 2.49. The fourth-order valence-electron chi connectivity index (χ4n) is 2.17. The molecule has 1 aromatic carbocycles. The lowest BCUT2D eigenvalue weighted by molar-refractivity contribution is 0.514. The smallest absolute Gasteiger partial charge is 0.185 e. The number of imidazole rings is 1. The van der Waals surface area contributed by atoms with E-state index >= 15 is 0 Å². The van der Waals surface area contributed by atoms with Gasteiger partial charge in [0.25, 0.3) is 0 Å². The Bertz CT molecular complexity index is 791. The molecule has 0 bridgehead atoms. The van der Waals surface area contributed by atoms with Gasteiger partial charge in [-0.25, -0.2) is 13.8 Å². The van der Waals surface area contributed by atoms with Crippen LogP contribution >= 0.6 is 11.6 Å². The molecule has 3 aromatic rings. The van der Waals surface area contributed by atoms with Gasteiger partial charge in [-0.05, 0) is 19.1 Å². The molecule has 2 heterocycles. The first kappa shape index (κ1) is 13.1. The third-order valence-electron chi connectivity index (χ3n) is 3.04. The maximum atomic E-state index is 14.1. The maximum absolute atomic E-state index is 14.1. The summed E-state index contributed by atoms with van der Waals surface area (Å²) < 4.78 is 30.7. The lowest BCUT2D eigenvalue weighted by Crippen LogP contribution is -2.02. The quantitative estimate of drug-likeness (QED) is 0.680. The van der Waals surface area contributed by atoms with Gasteiger partial charge in [0, 0.05) is 13.2 Å². The first-order chi connectivity index (χ1) is 9.49. The summed E-state index contributed by atoms with van der Waals surface area (Å²) in [6.07, 6.45) is 3.24. The van der Waals surface area contributed by atoms with Gasteiger partial charge in [-0.15, -0.1) is 11.6 Å². The van der Waals surface area contributed by atoms with Gasteiger partial charge >= 0.3 is 0 Å². The minimum absolute atomic E-state index is 0.0699. The molecule has 0 aliphatic rings. The second-order valence-electron chi connectivity index (χ2n) is 4.52. The molecule has 0 aliphatic carbocycles. The zero-order chi connectivity index (χ0) is 14.4. The van der Waals surface area contributed by atoms with Gasteiger partial charge in [-0.1, -0.05) is 0 Å². The number of halogens is 3. The van der Waals surface area contributed by atoms with E-state index in [0.29, 0.717) is 17.0 Å². The Kier molecular flexibility index (Phi) is 2.97. The van der Waals surface area contributed by atoms with Crippen LogP contribution < -0.4 is 0 Å². The van der Waals surface area contributed by atoms with E-state index in [2.05, 4.69) is 10.1 Å². The molecule has 3 rings (SSSR count). The highest BCUT2D eigenvalue weighted by molar-refractivity contribution is 6.20. The number of aromatic nitrogens is 4. The second kappa shape index (κ2) is 4.56. The molecule has 2 aromatic heterocycles. The van der Waals surface area contributed by atoms with Gasteiger partial charge in [-0.2, -0.15) is 5.10 Å². The van der Waals surface area contributed by atoms with Crippen molar-refractivity contribution in [1.82, 2.24) is 19.3 Å². The Labute approximate surface area is 118 Å². The average molecular weight is 297 g/mol. The number of benzene rings is 1. The van der Waals surface area contributed by atoms with Gasteiger partial charge in [0.05, 0.1) is 22.8 Å². The van der Waals surface area contributed by atoms with Crippen molar-refractivity contribution in [3.8, 4) is 5.69 Å². The van der Waals surface area contributed by atoms with Crippen molar-refractivity contribution >= 4 is 22.6 Å². The fraction of sp³-hybridized carbons (Fsp3) is 0.231. The largest absolute Gasteiger partial charge is 0.289 e. The number of alkyl halides is 1. The monoisotopic (exact) mass is 296 g/mol. The third-order valence-corrected chi connectivity index (χ3v) is 3.24. The lowest BCUT2D eigenvalue weighted by Gasteiger charge is -2.08. The Morgan fingerprint density at radius 1 is 1.30 bits per heavy atom. The molecular formula is C13H11ClF2N4. The normalized spacial score (nSPS) is 13.1. The van der Waals surface area contributed by atoms with Crippen LogP contribution in [0.3, 0.4) is 0 Å². The SMILES string of the molecule is CC(Cl)c1nc2ccc(F)c(F)c2n1-c1cnn(C)c1. The van der Waals surface area contributed by atoms with Crippen molar-refractivity contribution in [2.24, 2.45) is 7.05 Å². The molecule has 0 amide bonds. The molecule has 104 valence electrons. The summed E-state index contributed by atoms with van der Waals surface area (Å²) in [5.74, 6) is -1.42. The molecule has 7 heteroatoms. The molecule has 0 radical (unpaired) electrons. The number of nitrogens with zero attached hydrogens (tertiary/aromatic N) is 4. The van der Waals surface area contributed by atoms with E-state index in [0.717, 1.165) is 6.07 Å². The summed E-state index contributed by atoms with van der Waals surface area (Å²) in [4.78, 5) is 4.29. The summed E-state index contributed by atoms with van der Waals surface area (Å²) in [5.41, 5.74) is 1.01. The molecule has 0 aliphatic heterocycles. The molecule has 1 atom stereocenters. The average Bonchev–Trinajstić information content (AvgIpc) is 2.97. The molecule has 1 unspecified atom stereocenters. The first-order valence-electron chi connectivity index (χ1n) is 5.98. The van der Waals surface area contributed by atoms with Crippen LogP contribution in [0.4, 0.5) is 8.78 Å². The van der Waals surface area contributed by atoms with Gasteiger partial charge < -0.3 is 0 Å². The predicted molar refractivity (Wildman–Crippen MR) is 72.0 cm³/mol. The van der Waals surface area contributed by atoms with Gasteiger partial charge in [0.2, 0.25) is 0 Å². The zero-order valence-corrected chi connectivity index (χ0v) is 11.6. The predicted octanol–water partition coefficient (Wildman–Crippen LogP) is 3.34. The molecule has 0 spiro atoms. The van der Waals surface area contributed by atoms with Crippen molar-refractivity contribution in [3.63, 3.8) is 0 Å². The number of hydrogen-bond acceptors (Lipinski definition) is 2. The van der Waals surface area contributed by atoms with E-state index in [9.17, 15) is 8.78 Å². The Morgan fingerprint density at radius 3 is 2.65 bits per heavy atom. The summed E-state index contributed by atoms with van der Waals surface area (Å²) >= 11 is 6.10. The van der Waals surface area contributed by atoms with E-state index < -0.39 is 17.0 Å². The van der Waals surface area contributed by atoms with Crippen LogP contribution in [0.1, 0.15) is 18.1 Å². The highest BCUT2D eigenvalue weighted by Crippen LogP contribution is 2.30. The molecule has 0 saturated heterocycles. The van der Waals surface area contributed by atoms with Crippen molar-refractivity contribution in [3.05, 3.63) is 42.0 Å². The van der Waals surface area contributed by atoms with Gasteiger partial charge in [0.15, 0.2) is 11.6 Å². The molecule has 4 nitrogen and oxygen atoms in total. The summed E-state index contributed by atoms with van der Waals surface area (Å²) in [6.45, 7) is 1.73. The Morgan fingerprint density at radius 2 is 2.05 bits per heavy atom. The standard InChI is InChI=1S/C13H11ClF2N4/c1-7(14)13-18-10-4-3-9(15)11(16)12(10)20(13)8-5-17-19(2)6-8/h3-7H,1-2H3. The molecular weight excluding hydrogens is 286 g/mol. The first-order valence-corrected chi connectivity index (χ1v) is 6.42. The van der Waals surface area contributed by atoms with Crippen molar-refractivity contribution in [2.75, 3.05) is 0 Å². The second-order valence-corrected chi connectivity index (χ2v) is 5.18. The van der Waals surface area contributed by atoms with E-state index in [1.807, 2.05) is 0 Å². The van der Waals surface area contributed by atoms with Crippen LogP contribution in [-0.4, -0.2) is 19.3 Å². The zero-order valence-electron chi connectivity index (χ0n) is 10.8. The number of fused-ring (bicyclic) bond motifs is 1. The van der Waals surface area contributed by atoms with E-state index in [-0.39, 0.29) is 5.52 Å². The van der Waals surface area contributed by atoms with Crippen molar-refractivity contribution < 1.29 is 8.78 Å². The van der Waals surface area contributed by atoms with E-state index in [1.54, 1.807) is 31.0 Å². The molecule has 0 N–H and O–H groups in total. The Balaban J connectivity index is 2.42. The third kappa shape index (κ3) is 1.87. The van der Waals surface area contributed by atoms with Gasteiger partial charge in [0.1, 0.15) is 11.3 Å². The van der Waals surface area contributed by atoms with Crippen LogP contribution in [-0.2, 0) is 7.05 Å². The van der Waals surface area contributed by atoms with Crippen LogP contribution in [0.25, 0.3) is 16.7 Å². The molecule has 0 saturated carbocycles. The van der Waals surface area contributed by atoms with Crippen LogP contribution in [0.2, 0.25) is 0 Å². The summed E-state index contributed by atoms with van der Waals surface area (Å²) in [7, 11) is 1.74. The Hall–Kier alpha value is -1.95. The van der Waals surface area contributed by atoms with Crippen molar-refractivity contribution in [2.45, 2.75) is 12.3 Å². The number of rotatable bonds is 2. The van der Waals surface area contributed by atoms with E-state index in [4.69, 9.17) is 11.6 Å². The molecule has 0 fully saturated rings. The minimum atomic E-state index is -0.942. The molecule has 20 heavy (non-hydrogen) atoms. The number of hydrogen-bond donors (Lipinski definition) is 0. The van der Waals surface area contributed by atoms with Crippen LogP contribution in [0.5, 0.6) is 0 Å². The highest BCUT2D eigenvalue weighted by atomic mass is 35.5. The van der Waals surface area contributed by atoms with Gasteiger partial charge in [-0.3, -0.25) is 9.25 Å². The van der Waals surface area contributed by atoms with Crippen LogP contribution in [0.15, 0.2) is 24.5 Å². The lowest BCUT2D eigenvalue weighted by atomic mass is 10.3. The number of aryl methyl sites for hydroxylation is 1. The van der Waals surface area contributed by atoms with Crippen molar-refractivity contribution in [1.29, 1.82) is 0 Å². The summed E-state index contributed by atoms with van der Waals surface area (Å²) in [5, 5.41) is 3.59.